The maximum Gasteiger partial charge on any atom is 0.231 e. The first-order valence-electron chi connectivity index (χ1n) is 9.06. The number of anilines is 1. The van der Waals surface area contributed by atoms with Crippen molar-refractivity contribution in [1.82, 2.24) is 4.90 Å². The van der Waals surface area contributed by atoms with E-state index >= 15 is 0 Å². The summed E-state index contributed by atoms with van der Waals surface area (Å²) in [5, 5.41) is 14.0. The fourth-order valence-electron chi connectivity index (χ4n) is 3.65. The van der Waals surface area contributed by atoms with Crippen LogP contribution >= 0.6 is 11.6 Å². The summed E-state index contributed by atoms with van der Waals surface area (Å²) in [5.74, 6) is 2.09. The van der Waals surface area contributed by atoms with Crippen LogP contribution < -0.4 is 19.5 Å². The molecule has 0 radical (unpaired) electrons. The van der Waals surface area contributed by atoms with Gasteiger partial charge in [0.1, 0.15) is 0 Å². The second-order valence-electron chi connectivity index (χ2n) is 6.90. The third-order valence-electron chi connectivity index (χ3n) is 4.99. The van der Waals surface area contributed by atoms with Crippen molar-refractivity contribution in [3.05, 3.63) is 40.9 Å². The van der Waals surface area contributed by atoms with Crippen LogP contribution in [0.25, 0.3) is 0 Å². The Hall–Kier alpha value is -2.31. The molecule has 1 saturated heterocycles. The summed E-state index contributed by atoms with van der Waals surface area (Å²) in [5.41, 5.74) is 1.99. The third kappa shape index (κ3) is 4.01. The van der Waals surface area contributed by atoms with Crippen LogP contribution in [0.5, 0.6) is 23.0 Å². The first-order chi connectivity index (χ1) is 13.1. The fourth-order valence-corrected chi connectivity index (χ4v) is 3.87. The van der Waals surface area contributed by atoms with Crippen LogP contribution in [0.4, 0.5) is 5.69 Å². The van der Waals surface area contributed by atoms with Gasteiger partial charge in [0.25, 0.3) is 0 Å². The van der Waals surface area contributed by atoms with Crippen molar-refractivity contribution in [2.24, 2.45) is 0 Å². The Morgan fingerprint density at radius 1 is 1.26 bits per heavy atom. The van der Waals surface area contributed by atoms with E-state index in [0.29, 0.717) is 16.8 Å². The summed E-state index contributed by atoms with van der Waals surface area (Å²) in [4.78, 5) is 2.37. The Bertz CT molecular complexity index is 830. The number of methoxy groups -OCH3 is 1. The van der Waals surface area contributed by atoms with E-state index in [2.05, 4.69) is 10.2 Å². The highest BCUT2D eigenvalue weighted by Gasteiger charge is 2.22. The average Bonchev–Trinajstić information content (AvgIpc) is 3.12. The van der Waals surface area contributed by atoms with Gasteiger partial charge in [-0.2, -0.15) is 0 Å². The molecule has 2 aliphatic rings. The zero-order valence-electron chi connectivity index (χ0n) is 15.2. The van der Waals surface area contributed by atoms with Gasteiger partial charge in [-0.05, 0) is 43.1 Å². The summed E-state index contributed by atoms with van der Waals surface area (Å²) in [7, 11) is 1.54. The molecule has 2 aromatic carbocycles. The lowest BCUT2D eigenvalue weighted by atomic mass is 10.0. The second kappa shape index (κ2) is 7.74. The molecule has 0 saturated carbocycles. The van der Waals surface area contributed by atoms with Crippen molar-refractivity contribution in [2.45, 2.75) is 25.4 Å². The summed E-state index contributed by atoms with van der Waals surface area (Å²) in [6.07, 6.45) is 2.21. The predicted octanol–water partition coefficient (Wildman–Crippen LogP) is 3.86. The molecular formula is C20H23ClN2O4. The lowest BCUT2D eigenvalue weighted by molar-refractivity contribution is 0.174. The van der Waals surface area contributed by atoms with E-state index in [0.717, 1.165) is 55.2 Å². The van der Waals surface area contributed by atoms with Crippen molar-refractivity contribution in [3.8, 4) is 23.0 Å². The topological polar surface area (TPSA) is 63.2 Å². The molecule has 0 aromatic heterocycles. The highest BCUT2D eigenvalue weighted by atomic mass is 35.5. The van der Waals surface area contributed by atoms with E-state index in [-0.39, 0.29) is 12.5 Å². The molecule has 2 aromatic rings. The van der Waals surface area contributed by atoms with Crippen LogP contribution in [0.15, 0.2) is 30.3 Å². The Kier molecular flexibility index (Phi) is 5.18. The molecule has 144 valence electrons. The monoisotopic (exact) mass is 390 g/mol. The highest BCUT2D eigenvalue weighted by molar-refractivity contribution is 6.31. The van der Waals surface area contributed by atoms with Gasteiger partial charge in [-0.15, -0.1) is 0 Å². The normalized spacial score (nSPS) is 19.1. The number of piperidine rings is 1. The zero-order chi connectivity index (χ0) is 18.8. The van der Waals surface area contributed by atoms with Gasteiger partial charge in [0, 0.05) is 42.0 Å². The van der Waals surface area contributed by atoms with E-state index in [1.165, 1.54) is 0 Å². The van der Waals surface area contributed by atoms with Gasteiger partial charge in [-0.25, -0.2) is 0 Å². The molecule has 4 rings (SSSR count). The molecule has 0 bridgehead atoms. The third-order valence-corrected chi connectivity index (χ3v) is 5.34. The molecule has 1 unspecified atom stereocenters. The smallest absolute Gasteiger partial charge is 0.231 e. The number of benzene rings is 2. The Morgan fingerprint density at radius 2 is 2.11 bits per heavy atom. The predicted molar refractivity (Wildman–Crippen MR) is 104 cm³/mol. The SMILES string of the molecule is COc1cc(CN2CCCC(Nc3ccc4c(c3)OCO4)C2)c(Cl)cc1O. The van der Waals surface area contributed by atoms with E-state index in [1.54, 1.807) is 13.2 Å². The largest absolute Gasteiger partial charge is 0.504 e. The molecule has 2 N–H and O–H groups in total. The average molecular weight is 391 g/mol. The van der Waals surface area contributed by atoms with E-state index in [1.807, 2.05) is 24.3 Å². The molecule has 6 nitrogen and oxygen atoms in total. The number of nitrogens with one attached hydrogen (secondary N) is 1. The zero-order valence-corrected chi connectivity index (χ0v) is 16.0. The molecule has 27 heavy (non-hydrogen) atoms. The van der Waals surface area contributed by atoms with Crippen molar-refractivity contribution < 1.29 is 19.3 Å². The number of rotatable bonds is 5. The molecule has 1 fully saturated rings. The summed E-state index contributed by atoms with van der Waals surface area (Å²) < 4.78 is 16.0. The van der Waals surface area contributed by atoms with Crippen molar-refractivity contribution in [3.63, 3.8) is 0 Å². The van der Waals surface area contributed by atoms with Gasteiger partial charge in [-0.3, -0.25) is 4.90 Å². The van der Waals surface area contributed by atoms with Gasteiger partial charge in [0.05, 0.1) is 7.11 Å². The summed E-state index contributed by atoms with van der Waals surface area (Å²) in [6.45, 7) is 2.93. The van der Waals surface area contributed by atoms with Gasteiger partial charge in [0.2, 0.25) is 6.79 Å². The number of hydrogen-bond donors (Lipinski definition) is 2. The Morgan fingerprint density at radius 3 is 2.96 bits per heavy atom. The molecule has 1 atom stereocenters. The molecule has 0 amide bonds. The quantitative estimate of drug-likeness (QED) is 0.808. The number of phenols is 1. The van der Waals surface area contributed by atoms with Gasteiger partial charge < -0.3 is 24.6 Å². The maximum atomic E-state index is 9.84. The van der Waals surface area contributed by atoms with Crippen LogP contribution in [-0.4, -0.2) is 43.0 Å². The Labute approximate surface area is 163 Å². The van der Waals surface area contributed by atoms with Crippen LogP contribution in [0.1, 0.15) is 18.4 Å². The van der Waals surface area contributed by atoms with Crippen molar-refractivity contribution in [2.75, 3.05) is 32.3 Å². The maximum absolute atomic E-state index is 9.84. The van der Waals surface area contributed by atoms with E-state index in [4.69, 9.17) is 25.8 Å². The van der Waals surface area contributed by atoms with Gasteiger partial charge in [-0.1, -0.05) is 11.6 Å². The number of aromatic hydroxyl groups is 1. The van der Waals surface area contributed by atoms with Crippen molar-refractivity contribution >= 4 is 17.3 Å². The van der Waals surface area contributed by atoms with Crippen LogP contribution in [-0.2, 0) is 6.54 Å². The number of fused-ring (bicyclic) bond motifs is 1. The second-order valence-corrected chi connectivity index (χ2v) is 7.31. The molecular weight excluding hydrogens is 368 g/mol. The molecule has 7 heteroatoms. The summed E-state index contributed by atoms with van der Waals surface area (Å²) >= 11 is 6.31. The minimum absolute atomic E-state index is 0.0623. The fraction of sp³-hybridized carbons (Fsp3) is 0.400. The number of halogens is 1. The van der Waals surface area contributed by atoms with Gasteiger partial charge in [0.15, 0.2) is 23.0 Å². The number of phenolic OH excluding ortho intramolecular Hbond substituents is 1. The van der Waals surface area contributed by atoms with Crippen molar-refractivity contribution in [1.29, 1.82) is 0 Å². The van der Waals surface area contributed by atoms with Crippen LogP contribution in [0.2, 0.25) is 5.02 Å². The molecule has 2 heterocycles. The van der Waals surface area contributed by atoms with E-state index in [9.17, 15) is 5.11 Å². The lowest BCUT2D eigenvalue weighted by Crippen LogP contribution is -2.41. The first kappa shape index (κ1) is 18.1. The van der Waals surface area contributed by atoms with Crippen LogP contribution in [0.3, 0.4) is 0 Å². The molecule has 2 aliphatic heterocycles. The highest BCUT2D eigenvalue weighted by Crippen LogP contribution is 2.35. The van der Waals surface area contributed by atoms with Gasteiger partial charge >= 0.3 is 0 Å². The lowest BCUT2D eigenvalue weighted by Gasteiger charge is -2.34. The number of likely N-dealkylation sites (tertiary alicyclic amines) is 1. The van der Waals surface area contributed by atoms with Crippen LogP contribution in [0, 0.1) is 0 Å². The Balaban J connectivity index is 1.41. The summed E-state index contributed by atoms with van der Waals surface area (Å²) in [6, 6.07) is 9.65. The molecule has 0 aliphatic carbocycles. The standard InChI is InChI=1S/C20H23ClN2O4/c1-25-19-7-13(16(21)9-17(19)24)10-23-6-2-3-15(11-23)22-14-4-5-18-20(8-14)27-12-26-18/h4-5,7-9,15,22,24H,2-3,6,10-12H2,1H3. The minimum atomic E-state index is 0.0623. The molecule has 0 spiro atoms. The minimum Gasteiger partial charge on any atom is -0.504 e. The number of hydrogen-bond acceptors (Lipinski definition) is 6. The number of nitrogens with zero attached hydrogens (tertiary/aromatic N) is 1. The first-order valence-corrected chi connectivity index (χ1v) is 9.44. The van der Waals surface area contributed by atoms with E-state index < -0.39 is 0 Å². The number of ether oxygens (including phenoxy) is 3.